The first-order chi connectivity index (χ1) is 6.09. The molecule has 0 aliphatic rings. The van der Waals surface area contributed by atoms with Crippen molar-refractivity contribution >= 4 is 0 Å². The number of aryl methyl sites for hydroxylation is 1. The molecule has 1 atom stereocenters. The van der Waals surface area contributed by atoms with Crippen molar-refractivity contribution in [2.24, 2.45) is 5.73 Å². The number of halogens is 2. The molecule has 1 aromatic rings. The van der Waals surface area contributed by atoms with Crippen molar-refractivity contribution in [2.75, 3.05) is 0 Å². The van der Waals surface area contributed by atoms with Crippen LogP contribution in [0.1, 0.15) is 18.9 Å². The summed E-state index contributed by atoms with van der Waals surface area (Å²) in [6.07, 6.45) is 1.27. The predicted molar refractivity (Wildman–Crippen MR) is 48.3 cm³/mol. The van der Waals surface area contributed by atoms with Crippen LogP contribution in [-0.2, 0) is 6.42 Å². The van der Waals surface area contributed by atoms with Gasteiger partial charge in [0.05, 0.1) is 0 Å². The fourth-order valence-corrected chi connectivity index (χ4v) is 1.11. The molecular formula is C10H13F2N. The Bertz CT molecular complexity index is 284. The molecule has 0 aliphatic carbocycles. The van der Waals surface area contributed by atoms with Gasteiger partial charge in [-0.15, -0.1) is 0 Å². The van der Waals surface area contributed by atoms with Gasteiger partial charge in [0, 0.05) is 12.1 Å². The molecule has 0 fully saturated rings. The van der Waals surface area contributed by atoms with Gasteiger partial charge in [-0.3, -0.25) is 0 Å². The Kier molecular flexibility index (Phi) is 3.37. The second-order valence-corrected chi connectivity index (χ2v) is 3.25. The fraction of sp³-hybridized carbons (Fsp3) is 0.400. The van der Waals surface area contributed by atoms with E-state index in [0.29, 0.717) is 18.4 Å². The van der Waals surface area contributed by atoms with Gasteiger partial charge in [-0.05, 0) is 31.4 Å². The van der Waals surface area contributed by atoms with Gasteiger partial charge >= 0.3 is 0 Å². The monoisotopic (exact) mass is 185 g/mol. The van der Waals surface area contributed by atoms with E-state index in [-0.39, 0.29) is 6.04 Å². The second kappa shape index (κ2) is 4.33. The van der Waals surface area contributed by atoms with Crippen LogP contribution in [-0.4, -0.2) is 6.04 Å². The van der Waals surface area contributed by atoms with Crippen molar-refractivity contribution in [2.45, 2.75) is 25.8 Å². The molecule has 0 radical (unpaired) electrons. The van der Waals surface area contributed by atoms with Crippen LogP contribution in [0.3, 0.4) is 0 Å². The highest BCUT2D eigenvalue weighted by Crippen LogP contribution is 2.11. The third kappa shape index (κ3) is 3.11. The number of hydrogen-bond donors (Lipinski definition) is 1. The molecule has 1 aromatic carbocycles. The van der Waals surface area contributed by atoms with Gasteiger partial charge in [-0.25, -0.2) is 8.78 Å². The van der Waals surface area contributed by atoms with Gasteiger partial charge in [-0.2, -0.15) is 0 Å². The van der Waals surface area contributed by atoms with Crippen LogP contribution >= 0.6 is 0 Å². The molecule has 0 aliphatic heterocycles. The molecular weight excluding hydrogens is 172 g/mol. The molecule has 2 N–H and O–H groups in total. The smallest absolute Gasteiger partial charge is 0.129 e. The summed E-state index contributed by atoms with van der Waals surface area (Å²) in [5, 5.41) is 0. The maximum atomic E-state index is 13.0. The maximum absolute atomic E-state index is 13.0. The van der Waals surface area contributed by atoms with Crippen LogP contribution in [0.5, 0.6) is 0 Å². The maximum Gasteiger partial charge on any atom is 0.129 e. The Hall–Kier alpha value is -0.960. The molecule has 0 aromatic heterocycles. The Labute approximate surface area is 76.6 Å². The summed E-state index contributed by atoms with van der Waals surface area (Å²) in [4.78, 5) is 0. The van der Waals surface area contributed by atoms with Gasteiger partial charge in [0.1, 0.15) is 11.6 Å². The van der Waals surface area contributed by atoms with E-state index >= 15 is 0 Å². The third-order valence-corrected chi connectivity index (χ3v) is 1.88. The summed E-state index contributed by atoms with van der Waals surface area (Å²) in [5.74, 6) is -1.03. The zero-order valence-corrected chi connectivity index (χ0v) is 7.56. The normalized spacial score (nSPS) is 12.9. The van der Waals surface area contributed by atoms with Crippen molar-refractivity contribution in [3.63, 3.8) is 0 Å². The molecule has 1 nitrogen and oxygen atoms in total. The molecule has 0 spiro atoms. The van der Waals surface area contributed by atoms with E-state index in [4.69, 9.17) is 5.73 Å². The van der Waals surface area contributed by atoms with Crippen molar-refractivity contribution in [1.29, 1.82) is 0 Å². The Balaban J connectivity index is 2.67. The molecule has 3 heteroatoms. The second-order valence-electron chi connectivity index (χ2n) is 3.25. The van der Waals surface area contributed by atoms with E-state index in [1.807, 2.05) is 6.92 Å². The molecule has 0 unspecified atom stereocenters. The van der Waals surface area contributed by atoms with E-state index in [1.165, 1.54) is 12.1 Å². The number of hydrogen-bond acceptors (Lipinski definition) is 1. The highest BCUT2D eigenvalue weighted by molar-refractivity contribution is 5.18. The predicted octanol–water partition coefficient (Wildman–Crippen LogP) is 2.24. The van der Waals surface area contributed by atoms with Crippen LogP contribution in [0.15, 0.2) is 18.2 Å². The molecule has 0 saturated heterocycles. The summed E-state index contributed by atoms with van der Waals surface area (Å²) < 4.78 is 25.5. The Morgan fingerprint density at radius 2 is 2.08 bits per heavy atom. The minimum absolute atomic E-state index is 0.0458. The van der Waals surface area contributed by atoms with E-state index in [1.54, 1.807) is 0 Å². The molecule has 1 rings (SSSR count). The van der Waals surface area contributed by atoms with Crippen LogP contribution in [0.2, 0.25) is 0 Å². The lowest BCUT2D eigenvalue weighted by molar-refractivity contribution is 0.563. The van der Waals surface area contributed by atoms with Crippen LogP contribution in [0.25, 0.3) is 0 Å². The first kappa shape index (κ1) is 10.1. The highest BCUT2D eigenvalue weighted by Gasteiger charge is 2.04. The van der Waals surface area contributed by atoms with Crippen molar-refractivity contribution < 1.29 is 8.78 Å². The number of nitrogens with two attached hydrogens (primary N) is 1. The topological polar surface area (TPSA) is 26.0 Å². The molecule has 0 amide bonds. The van der Waals surface area contributed by atoms with Crippen molar-refractivity contribution in [1.82, 2.24) is 0 Å². The first-order valence-corrected chi connectivity index (χ1v) is 4.29. The SMILES string of the molecule is C[C@@H](N)CCc1ccc(F)cc1F. The summed E-state index contributed by atoms with van der Waals surface area (Å²) in [6, 6.07) is 3.67. The minimum atomic E-state index is -0.540. The summed E-state index contributed by atoms with van der Waals surface area (Å²) in [7, 11) is 0. The molecule has 72 valence electrons. The van der Waals surface area contributed by atoms with E-state index in [2.05, 4.69) is 0 Å². The summed E-state index contributed by atoms with van der Waals surface area (Å²) in [6.45, 7) is 1.86. The number of rotatable bonds is 3. The van der Waals surface area contributed by atoms with Crippen LogP contribution in [0, 0.1) is 11.6 Å². The van der Waals surface area contributed by atoms with Crippen LogP contribution < -0.4 is 5.73 Å². The van der Waals surface area contributed by atoms with E-state index in [9.17, 15) is 8.78 Å². The van der Waals surface area contributed by atoms with E-state index < -0.39 is 11.6 Å². The third-order valence-electron chi connectivity index (χ3n) is 1.88. The Morgan fingerprint density at radius 3 is 2.62 bits per heavy atom. The lowest BCUT2D eigenvalue weighted by Crippen LogP contribution is -2.15. The lowest BCUT2D eigenvalue weighted by atomic mass is 10.1. The Morgan fingerprint density at radius 1 is 1.38 bits per heavy atom. The van der Waals surface area contributed by atoms with Crippen molar-refractivity contribution in [3.8, 4) is 0 Å². The lowest BCUT2D eigenvalue weighted by Gasteiger charge is -2.05. The molecule has 0 heterocycles. The minimum Gasteiger partial charge on any atom is -0.328 e. The van der Waals surface area contributed by atoms with Gasteiger partial charge in [0.15, 0.2) is 0 Å². The standard InChI is InChI=1S/C10H13F2N/c1-7(13)2-3-8-4-5-9(11)6-10(8)12/h4-7H,2-3,13H2,1H3/t7-/m1/s1. The van der Waals surface area contributed by atoms with Crippen LogP contribution in [0.4, 0.5) is 8.78 Å². The highest BCUT2D eigenvalue weighted by atomic mass is 19.1. The quantitative estimate of drug-likeness (QED) is 0.767. The van der Waals surface area contributed by atoms with Gasteiger partial charge in [0.2, 0.25) is 0 Å². The fourth-order valence-electron chi connectivity index (χ4n) is 1.11. The van der Waals surface area contributed by atoms with Crippen molar-refractivity contribution in [3.05, 3.63) is 35.4 Å². The largest absolute Gasteiger partial charge is 0.328 e. The van der Waals surface area contributed by atoms with E-state index in [0.717, 1.165) is 6.07 Å². The molecule has 0 saturated carbocycles. The van der Waals surface area contributed by atoms with Gasteiger partial charge < -0.3 is 5.73 Å². The van der Waals surface area contributed by atoms with Gasteiger partial charge in [-0.1, -0.05) is 6.07 Å². The average Bonchev–Trinajstić information content (AvgIpc) is 2.02. The zero-order valence-electron chi connectivity index (χ0n) is 7.56. The van der Waals surface area contributed by atoms with Gasteiger partial charge in [0.25, 0.3) is 0 Å². The molecule has 13 heavy (non-hydrogen) atoms. The number of benzene rings is 1. The summed E-state index contributed by atoms with van der Waals surface area (Å²) >= 11 is 0. The molecule has 0 bridgehead atoms. The first-order valence-electron chi connectivity index (χ1n) is 4.29. The summed E-state index contributed by atoms with van der Waals surface area (Å²) in [5.41, 5.74) is 6.05. The zero-order chi connectivity index (χ0) is 9.84. The average molecular weight is 185 g/mol.